The lowest BCUT2D eigenvalue weighted by molar-refractivity contribution is 0.0978. The molecule has 3 rings (SSSR count). The molecule has 0 unspecified atom stereocenters. The van der Waals surface area contributed by atoms with Gasteiger partial charge in [0.2, 0.25) is 0 Å². The van der Waals surface area contributed by atoms with Crippen LogP contribution in [0.3, 0.4) is 0 Å². The van der Waals surface area contributed by atoms with Crippen molar-refractivity contribution in [3.63, 3.8) is 0 Å². The molecule has 25 heavy (non-hydrogen) atoms. The Kier molecular flexibility index (Phi) is 4.45. The maximum Gasteiger partial charge on any atom is 0.265 e. The smallest absolute Gasteiger partial charge is 0.265 e. The Hall–Kier alpha value is -2.87. The number of nitrogens with one attached hydrogen (secondary N) is 1. The van der Waals surface area contributed by atoms with Gasteiger partial charge in [0.25, 0.3) is 15.9 Å². The number of hydrogen-bond donors (Lipinski definition) is 1. The number of ketones is 1. The van der Waals surface area contributed by atoms with Crippen LogP contribution in [0, 0.1) is 0 Å². The molecule has 0 bridgehead atoms. The van der Waals surface area contributed by atoms with E-state index in [1.54, 1.807) is 6.07 Å². The maximum atomic E-state index is 12.4. The summed E-state index contributed by atoms with van der Waals surface area (Å²) in [4.78, 5) is 23.5. The van der Waals surface area contributed by atoms with Crippen molar-refractivity contribution in [2.24, 2.45) is 0 Å². The van der Waals surface area contributed by atoms with Gasteiger partial charge >= 0.3 is 0 Å². The average molecular weight is 361 g/mol. The fourth-order valence-electron chi connectivity index (χ4n) is 2.31. The number of Topliss-reactive ketones (excluding diaryl/α,β-unsaturated/α-hetero) is 1. The summed E-state index contributed by atoms with van der Waals surface area (Å²) in [6.45, 7) is 2.10. The van der Waals surface area contributed by atoms with Crippen LogP contribution in [-0.2, 0) is 10.0 Å². The zero-order valence-corrected chi connectivity index (χ0v) is 14.1. The van der Waals surface area contributed by atoms with Gasteiger partial charge in [0.05, 0.1) is 4.90 Å². The van der Waals surface area contributed by atoms with Crippen molar-refractivity contribution >= 4 is 21.7 Å². The summed E-state index contributed by atoms with van der Waals surface area (Å²) < 4.78 is 37.5. The van der Waals surface area contributed by atoms with E-state index in [1.807, 2.05) is 4.72 Å². The number of hydrogen-bond acceptors (Lipinski definition) is 6. The zero-order valence-electron chi connectivity index (χ0n) is 13.3. The fourth-order valence-corrected chi connectivity index (χ4v) is 3.33. The second kappa shape index (κ2) is 6.56. The summed E-state index contributed by atoms with van der Waals surface area (Å²) >= 11 is 0. The molecule has 1 aliphatic heterocycles. The van der Waals surface area contributed by atoms with E-state index in [1.165, 1.54) is 43.3 Å². The molecule has 0 spiro atoms. The lowest BCUT2D eigenvalue weighted by Crippen LogP contribution is -2.30. The van der Waals surface area contributed by atoms with E-state index in [2.05, 4.69) is 0 Å². The molecule has 0 saturated heterocycles. The minimum absolute atomic E-state index is 0.121. The number of sulfonamides is 1. The van der Waals surface area contributed by atoms with E-state index in [-0.39, 0.29) is 21.8 Å². The van der Waals surface area contributed by atoms with Gasteiger partial charge in [0.15, 0.2) is 17.3 Å². The highest BCUT2D eigenvalue weighted by atomic mass is 32.2. The molecule has 1 amide bonds. The number of ether oxygens (including phenoxy) is 2. The van der Waals surface area contributed by atoms with Crippen LogP contribution in [0.4, 0.5) is 0 Å². The molecule has 130 valence electrons. The first-order valence-corrected chi connectivity index (χ1v) is 8.93. The summed E-state index contributed by atoms with van der Waals surface area (Å²) in [5, 5.41) is 0. The fraction of sp³-hybridized carbons (Fsp3) is 0.176. The van der Waals surface area contributed by atoms with Gasteiger partial charge in [-0.2, -0.15) is 0 Å². The number of fused-ring (bicyclic) bond motifs is 1. The van der Waals surface area contributed by atoms with Crippen LogP contribution in [0.25, 0.3) is 0 Å². The Balaban J connectivity index is 1.84. The average Bonchev–Trinajstić information content (AvgIpc) is 2.61. The molecule has 7 nitrogen and oxygen atoms in total. The second-order valence-electron chi connectivity index (χ2n) is 5.38. The predicted molar refractivity (Wildman–Crippen MR) is 88.5 cm³/mol. The van der Waals surface area contributed by atoms with Crippen LogP contribution < -0.4 is 14.2 Å². The number of benzene rings is 2. The van der Waals surface area contributed by atoms with Crippen LogP contribution in [-0.4, -0.2) is 33.3 Å². The van der Waals surface area contributed by atoms with Crippen molar-refractivity contribution in [3.8, 4) is 11.5 Å². The zero-order chi connectivity index (χ0) is 18.0. The molecular formula is C17H15NO6S. The lowest BCUT2D eigenvalue weighted by Gasteiger charge is -2.18. The lowest BCUT2D eigenvalue weighted by atomic mass is 10.2. The highest BCUT2D eigenvalue weighted by Gasteiger charge is 2.21. The third kappa shape index (κ3) is 3.63. The number of amides is 1. The summed E-state index contributed by atoms with van der Waals surface area (Å²) in [6, 6.07) is 9.90. The Labute approximate surface area is 144 Å². The molecule has 0 aliphatic carbocycles. The third-order valence-electron chi connectivity index (χ3n) is 3.58. The first-order chi connectivity index (χ1) is 11.9. The van der Waals surface area contributed by atoms with E-state index >= 15 is 0 Å². The van der Waals surface area contributed by atoms with Gasteiger partial charge in [0, 0.05) is 11.1 Å². The van der Waals surface area contributed by atoms with Crippen molar-refractivity contribution in [1.82, 2.24) is 4.72 Å². The van der Waals surface area contributed by atoms with Crippen LogP contribution in [0.1, 0.15) is 27.6 Å². The molecule has 2 aromatic rings. The topological polar surface area (TPSA) is 98.8 Å². The van der Waals surface area contributed by atoms with Gasteiger partial charge < -0.3 is 9.47 Å². The number of carbonyl (C=O) groups is 2. The van der Waals surface area contributed by atoms with Crippen LogP contribution in [0.5, 0.6) is 11.5 Å². The van der Waals surface area contributed by atoms with Gasteiger partial charge in [-0.25, -0.2) is 13.1 Å². The van der Waals surface area contributed by atoms with E-state index < -0.39 is 15.9 Å². The SMILES string of the molecule is CC(=O)c1cccc(S(=O)(=O)NC(=O)c2ccc3c(c2)OCCO3)c1. The van der Waals surface area contributed by atoms with Crippen molar-refractivity contribution in [2.75, 3.05) is 13.2 Å². The third-order valence-corrected chi connectivity index (χ3v) is 4.91. The summed E-state index contributed by atoms with van der Waals surface area (Å²) in [6.07, 6.45) is 0. The van der Waals surface area contributed by atoms with Crippen LogP contribution >= 0.6 is 0 Å². The maximum absolute atomic E-state index is 12.4. The summed E-state index contributed by atoms with van der Waals surface area (Å²) in [7, 11) is -4.11. The molecule has 2 aromatic carbocycles. The summed E-state index contributed by atoms with van der Waals surface area (Å²) in [5.41, 5.74) is 0.366. The highest BCUT2D eigenvalue weighted by molar-refractivity contribution is 7.90. The Morgan fingerprint density at radius 3 is 2.40 bits per heavy atom. The van der Waals surface area contributed by atoms with Crippen molar-refractivity contribution in [2.45, 2.75) is 11.8 Å². The Bertz CT molecular complexity index is 951. The van der Waals surface area contributed by atoms with Crippen LogP contribution in [0.2, 0.25) is 0 Å². The van der Waals surface area contributed by atoms with Gasteiger partial charge in [-0.3, -0.25) is 9.59 Å². The first-order valence-electron chi connectivity index (χ1n) is 7.44. The molecule has 0 radical (unpaired) electrons. The van der Waals surface area contributed by atoms with Crippen LogP contribution in [0.15, 0.2) is 47.4 Å². The Morgan fingerprint density at radius 2 is 1.68 bits per heavy atom. The van der Waals surface area contributed by atoms with Crippen molar-refractivity contribution in [3.05, 3.63) is 53.6 Å². The van der Waals surface area contributed by atoms with Crippen molar-refractivity contribution in [1.29, 1.82) is 0 Å². The molecule has 0 atom stereocenters. The Morgan fingerprint density at radius 1 is 0.960 bits per heavy atom. The minimum atomic E-state index is -4.11. The van der Waals surface area contributed by atoms with Gasteiger partial charge in [0.1, 0.15) is 13.2 Å². The minimum Gasteiger partial charge on any atom is -0.486 e. The standard InChI is InChI=1S/C17H15NO6S/c1-11(19)12-3-2-4-14(9-12)25(21,22)18-17(20)13-5-6-15-16(10-13)24-8-7-23-15/h2-6,9-10H,7-8H2,1H3,(H,18,20). The predicted octanol–water partition coefficient (Wildman–Crippen LogP) is 1.78. The first kappa shape index (κ1) is 17.0. The van der Waals surface area contributed by atoms with Crippen molar-refractivity contribution < 1.29 is 27.5 Å². The molecule has 1 N–H and O–H groups in total. The molecule has 1 aliphatic rings. The summed E-state index contributed by atoms with van der Waals surface area (Å²) in [5.74, 6) is -0.185. The monoisotopic (exact) mass is 361 g/mol. The highest BCUT2D eigenvalue weighted by Crippen LogP contribution is 2.30. The van der Waals surface area contributed by atoms with Gasteiger partial charge in [-0.15, -0.1) is 0 Å². The number of carbonyl (C=O) groups excluding carboxylic acids is 2. The largest absolute Gasteiger partial charge is 0.486 e. The normalized spacial score (nSPS) is 13.2. The number of rotatable bonds is 4. The molecule has 0 aromatic heterocycles. The van der Waals surface area contributed by atoms with Gasteiger partial charge in [-0.05, 0) is 37.3 Å². The molecule has 1 heterocycles. The molecule has 0 fully saturated rings. The molecule has 0 saturated carbocycles. The molecular weight excluding hydrogens is 346 g/mol. The quantitative estimate of drug-likeness (QED) is 0.834. The van der Waals surface area contributed by atoms with E-state index in [0.29, 0.717) is 24.7 Å². The van der Waals surface area contributed by atoms with E-state index in [4.69, 9.17) is 9.47 Å². The molecule has 8 heteroatoms. The second-order valence-corrected chi connectivity index (χ2v) is 7.06. The van der Waals surface area contributed by atoms with E-state index in [0.717, 1.165) is 0 Å². The van der Waals surface area contributed by atoms with E-state index in [9.17, 15) is 18.0 Å². The van der Waals surface area contributed by atoms with Gasteiger partial charge in [-0.1, -0.05) is 12.1 Å².